The fraction of sp³-hybridized carbons (Fsp3) is 0.588. The Balaban J connectivity index is 1.39. The number of aromatic amines is 2. The fourth-order valence-electron chi connectivity index (χ4n) is 3.90. The molecule has 2 aliphatic carbocycles. The van der Waals surface area contributed by atoms with Gasteiger partial charge in [0.15, 0.2) is 5.82 Å². The van der Waals surface area contributed by atoms with E-state index in [1.165, 1.54) is 25.7 Å². The first-order valence-electron chi connectivity index (χ1n) is 8.64. The van der Waals surface area contributed by atoms with Gasteiger partial charge in [0, 0.05) is 31.1 Å². The highest BCUT2D eigenvalue weighted by atomic mass is 16.2. The number of likely N-dealkylation sites (tertiary alicyclic amines) is 1. The second kappa shape index (κ2) is 4.94. The van der Waals surface area contributed by atoms with E-state index >= 15 is 0 Å². The molecule has 0 bridgehead atoms. The maximum atomic E-state index is 12.6. The molecule has 3 aliphatic rings. The van der Waals surface area contributed by atoms with Gasteiger partial charge >= 0.3 is 0 Å². The van der Waals surface area contributed by atoms with Crippen LogP contribution in [0.2, 0.25) is 0 Å². The van der Waals surface area contributed by atoms with Crippen LogP contribution in [0.1, 0.15) is 59.7 Å². The molecule has 2 saturated carbocycles. The molecule has 2 aromatic heterocycles. The largest absolute Gasteiger partial charge is 0.357 e. The smallest absolute Gasteiger partial charge is 0.270 e. The van der Waals surface area contributed by atoms with Crippen LogP contribution in [0.5, 0.6) is 0 Å². The predicted molar refractivity (Wildman–Crippen MR) is 84.0 cm³/mol. The van der Waals surface area contributed by atoms with Crippen molar-refractivity contribution in [3.8, 4) is 0 Å². The van der Waals surface area contributed by atoms with Crippen molar-refractivity contribution in [2.24, 2.45) is 11.8 Å². The van der Waals surface area contributed by atoms with Gasteiger partial charge < -0.3 is 9.88 Å². The van der Waals surface area contributed by atoms with Crippen LogP contribution >= 0.6 is 0 Å². The normalized spacial score (nSPS) is 27.6. The summed E-state index contributed by atoms with van der Waals surface area (Å²) in [7, 11) is 0. The Morgan fingerprint density at radius 3 is 2.78 bits per heavy atom. The Morgan fingerprint density at radius 1 is 1.22 bits per heavy atom. The minimum atomic E-state index is 0.102. The molecule has 6 heteroatoms. The third kappa shape index (κ3) is 2.36. The zero-order valence-corrected chi connectivity index (χ0v) is 13.0. The molecule has 3 heterocycles. The average molecular weight is 311 g/mol. The molecule has 0 unspecified atom stereocenters. The van der Waals surface area contributed by atoms with E-state index < -0.39 is 0 Å². The molecule has 6 nitrogen and oxygen atoms in total. The van der Waals surface area contributed by atoms with Crippen LogP contribution < -0.4 is 0 Å². The highest BCUT2D eigenvalue weighted by Crippen LogP contribution is 2.47. The van der Waals surface area contributed by atoms with Gasteiger partial charge in [-0.2, -0.15) is 5.10 Å². The van der Waals surface area contributed by atoms with E-state index in [9.17, 15) is 4.79 Å². The van der Waals surface area contributed by atoms with Crippen molar-refractivity contribution in [2.45, 2.75) is 37.5 Å². The topological polar surface area (TPSA) is 77.7 Å². The molecular weight excluding hydrogens is 290 g/mol. The van der Waals surface area contributed by atoms with Gasteiger partial charge in [-0.15, -0.1) is 0 Å². The molecule has 3 fully saturated rings. The van der Waals surface area contributed by atoms with E-state index in [1.807, 2.05) is 17.0 Å². The molecule has 2 N–H and O–H groups in total. The maximum absolute atomic E-state index is 12.6. The fourth-order valence-corrected chi connectivity index (χ4v) is 3.90. The van der Waals surface area contributed by atoms with Crippen LogP contribution in [0.4, 0.5) is 0 Å². The number of nitrogens with zero attached hydrogens (tertiary/aromatic N) is 3. The molecule has 2 aromatic rings. The summed E-state index contributed by atoms with van der Waals surface area (Å²) in [4.78, 5) is 22.4. The Labute approximate surface area is 134 Å². The van der Waals surface area contributed by atoms with Crippen molar-refractivity contribution in [3.63, 3.8) is 0 Å². The van der Waals surface area contributed by atoms with Crippen molar-refractivity contribution < 1.29 is 4.79 Å². The molecule has 1 aliphatic heterocycles. The van der Waals surface area contributed by atoms with Gasteiger partial charge in [0.2, 0.25) is 0 Å². The van der Waals surface area contributed by atoms with Crippen LogP contribution in [-0.2, 0) is 0 Å². The summed E-state index contributed by atoms with van der Waals surface area (Å²) in [5, 5.41) is 7.58. The average Bonchev–Trinajstić information content (AvgIpc) is 3.43. The van der Waals surface area contributed by atoms with Crippen molar-refractivity contribution in [2.75, 3.05) is 13.1 Å². The van der Waals surface area contributed by atoms with E-state index in [1.54, 1.807) is 6.20 Å². The second-order valence-electron chi connectivity index (χ2n) is 7.25. The van der Waals surface area contributed by atoms with Crippen LogP contribution in [-0.4, -0.2) is 44.1 Å². The number of H-pyrrole nitrogens is 2. The van der Waals surface area contributed by atoms with E-state index in [-0.39, 0.29) is 5.91 Å². The number of amides is 1. The predicted octanol–water partition coefficient (Wildman–Crippen LogP) is 2.28. The van der Waals surface area contributed by atoms with Gasteiger partial charge in [-0.1, -0.05) is 0 Å². The van der Waals surface area contributed by atoms with Gasteiger partial charge in [-0.3, -0.25) is 9.89 Å². The van der Waals surface area contributed by atoms with E-state index in [0.717, 1.165) is 30.7 Å². The molecule has 0 spiro atoms. The number of nitrogens with one attached hydrogen (secondary N) is 2. The molecule has 0 aromatic carbocycles. The first-order chi connectivity index (χ1) is 11.3. The number of hydrogen-bond donors (Lipinski definition) is 2. The summed E-state index contributed by atoms with van der Waals surface area (Å²) in [6.45, 7) is 1.59. The van der Waals surface area contributed by atoms with Crippen LogP contribution in [0.3, 0.4) is 0 Å². The summed E-state index contributed by atoms with van der Waals surface area (Å²) in [5.74, 6) is 4.21. The minimum Gasteiger partial charge on any atom is -0.357 e. The molecule has 2 atom stereocenters. The zero-order valence-electron chi connectivity index (χ0n) is 13.0. The summed E-state index contributed by atoms with van der Waals surface area (Å²) in [6.07, 6.45) is 6.80. The third-order valence-corrected chi connectivity index (χ3v) is 5.52. The Morgan fingerprint density at radius 2 is 2.09 bits per heavy atom. The minimum absolute atomic E-state index is 0.102. The standard InChI is InChI=1S/C17H21N5O/c23-17(14-2-1-7-18-14)22-8-12(10-3-4-10)13(9-22)16-19-15(20-21-16)11-5-6-11/h1-2,7,10-13,18H,3-6,8-9H2,(H,19,20,21)/t12-,13+/m1/s1. The van der Waals surface area contributed by atoms with Crippen LogP contribution in [0.25, 0.3) is 0 Å². The number of hydrogen-bond acceptors (Lipinski definition) is 3. The SMILES string of the molecule is O=C(c1ccc[nH]1)N1C[C@H](c2nc(C3CC3)n[nH]2)[C@@H](C2CC2)C1. The number of aromatic nitrogens is 4. The molecule has 0 radical (unpaired) electrons. The van der Waals surface area contributed by atoms with Gasteiger partial charge in [0.05, 0.1) is 0 Å². The van der Waals surface area contributed by atoms with E-state index in [4.69, 9.17) is 4.98 Å². The van der Waals surface area contributed by atoms with Gasteiger partial charge in [0.25, 0.3) is 5.91 Å². The van der Waals surface area contributed by atoms with Crippen molar-refractivity contribution >= 4 is 5.91 Å². The summed E-state index contributed by atoms with van der Waals surface area (Å²) < 4.78 is 0. The number of carbonyl (C=O) groups is 1. The van der Waals surface area contributed by atoms with Gasteiger partial charge in [-0.25, -0.2) is 4.98 Å². The van der Waals surface area contributed by atoms with E-state index in [0.29, 0.717) is 23.4 Å². The molecule has 5 rings (SSSR count). The van der Waals surface area contributed by atoms with Gasteiger partial charge in [0.1, 0.15) is 11.5 Å². The zero-order chi connectivity index (χ0) is 15.4. The maximum Gasteiger partial charge on any atom is 0.270 e. The highest BCUT2D eigenvalue weighted by molar-refractivity contribution is 5.92. The van der Waals surface area contributed by atoms with E-state index in [2.05, 4.69) is 15.2 Å². The Bertz CT molecular complexity index is 713. The molecular formula is C17H21N5O. The lowest BCUT2D eigenvalue weighted by Gasteiger charge is -2.15. The van der Waals surface area contributed by atoms with Gasteiger partial charge in [-0.05, 0) is 49.7 Å². The third-order valence-electron chi connectivity index (χ3n) is 5.52. The lowest BCUT2D eigenvalue weighted by atomic mass is 9.91. The molecule has 120 valence electrons. The molecule has 1 amide bonds. The quantitative estimate of drug-likeness (QED) is 0.909. The first-order valence-corrected chi connectivity index (χ1v) is 8.64. The lowest BCUT2D eigenvalue weighted by Crippen LogP contribution is -2.29. The Kier molecular flexibility index (Phi) is 2.87. The first kappa shape index (κ1) is 13.3. The highest BCUT2D eigenvalue weighted by Gasteiger charge is 2.46. The number of rotatable bonds is 4. The van der Waals surface area contributed by atoms with Crippen molar-refractivity contribution in [1.29, 1.82) is 0 Å². The Hall–Kier alpha value is -2.11. The van der Waals surface area contributed by atoms with Crippen molar-refractivity contribution in [3.05, 3.63) is 35.7 Å². The summed E-state index contributed by atoms with van der Waals surface area (Å²) in [6, 6.07) is 3.72. The van der Waals surface area contributed by atoms with Crippen molar-refractivity contribution in [1.82, 2.24) is 25.1 Å². The van der Waals surface area contributed by atoms with Crippen LogP contribution in [0, 0.1) is 11.8 Å². The monoisotopic (exact) mass is 311 g/mol. The number of carbonyl (C=O) groups excluding carboxylic acids is 1. The second-order valence-corrected chi connectivity index (χ2v) is 7.25. The molecule has 1 saturated heterocycles. The lowest BCUT2D eigenvalue weighted by molar-refractivity contribution is 0.0779. The summed E-state index contributed by atoms with van der Waals surface area (Å²) in [5.41, 5.74) is 0.677. The molecule has 23 heavy (non-hydrogen) atoms. The van der Waals surface area contributed by atoms with Crippen LogP contribution in [0.15, 0.2) is 18.3 Å². The summed E-state index contributed by atoms with van der Waals surface area (Å²) >= 11 is 0.